The summed E-state index contributed by atoms with van der Waals surface area (Å²) in [6.07, 6.45) is 9.50. The molecule has 31 heavy (non-hydrogen) atoms. The summed E-state index contributed by atoms with van der Waals surface area (Å²) in [5, 5.41) is 10.8. The number of aryl methyl sites for hydroxylation is 1. The van der Waals surface area contributed by atoms with Crippen LogP contribution in [0.15, 0.2) is 48.2 Å². The first-order chi connectivity index (χ1) is 14.9. The van der Waals surface area contributed by atoms with Crippen LogP contribution in [0.4, 0.5) is 0 Å². The summed E-state index contributed by atoms with van der Waals surface area (Å²) in [6.45, 7) is 11.0. The van der Waals surface area contributed by atoms with E-state index in [0.717, 1.165) is 30.4 Å². The molecule has 0 aliphatic carbocycles. The predicted molar refractivity (Wildman–Crippen MR) is 133 cm³/mol. The van der Waals surface area contributed by atoms with Crippen LogP contribution in [0.2, 0.25) is 0 Å². The number of hydrogen-bond acceptors (Lipinski definition) is 2. The van der Waals surface area contributed by atoms with Crippen LogP contribution in [0.1, 0.15) is 118 Å². The number of carbonyl (C=O) groups excluding carboxylic acids is 1. The first-order valence-corrected chi connectivity index (χ1v) is 12.1. The van der Waals surface area contributed by atoms with E-state index >= 15 is 0 Å². The van der Waals surface area contributed by atoms with Crippen LogP contribution in [0.3, 0.4) is 0 Å². The lowest BCUT2D eigenvalue weighted by Crippen LogP contribution is -2.05. The summed E-state index contributed by atoms with van der Waals surface area (Å²) in [7, 11) is 0. The van der Waals surface area contributed by atoms with Crippen LogP contribution in [-0.4, -0.2) is 10.9 Å². The zero-order valence-corrected chi connectivity index (χ0v) is 20.1. The Bertz CT molecular complexity index is 878. The average Bonchev–Trinajstić information content (AvgIpc) is 2.80. The van der Waals surface area contributed by atoms with Crippen molar-refractivity contribution in [3.05, 3.63) is 76.0 Å². The third kappa shape index (κ3) is 7.09. The minimum Gasteiger partial charge on any atom is -0.504 e. The molecular weight excluding hydrogens is 380 g/mol. The SMILES string of the molecule is CCCCC(C)c1cccc(C(=O)C(O)=Cc2cc(CC)ccc2C(C)CCCC)c1. The molecule has 0 saturated heterocycles. The molecule has 0 fully saturated rings. The van der Waals surface area contributed by atoms with Gasteiger partial charge in [0.25, 0.3) is 0 Å². The Labute approximate surface area is 189 Å². The second-order valence-electron chi connectivity index (χ2n) is 8.89. The first-order valence-electron chi connectivity index (χ1n) is 12.1. The van der Waals surface area contributed by atoms with Crippen LogP contribution in [0.25, 0.3) is 6.08 Å². The van der Waals surface area contributed by atoms with Crippen LogP contribution >= 0.6 is 0 Å². The van der Waals surface area contributed by atoms with Crippen molar-refractivity contribution in [2.75, 3.05) is 0 Å². The van der Waals surface area contributed by atoms with Gasteiger partial charge in [0.05, 0.1) is 0 Å². The highest BCUT2D eigenvalue weighted by molar-refractivity contribution is 6.09. The molecule has 2 rings (SSSR count). The van der Waals surface area contributed by atoms with Gasteiger partial charge in [0, 0.05) is 5.56 Å². The van der Waals surface area contributed by atoms with E-state index in [1.807, 2.05) is 12.1 Å². The van der Waals surface area contributed by atoms with Gasteiger partial charge in [-0.1, -0.05) is 96.7 Å². The van der Waals surface area contributed by atoms with Gasteiger partial charge in [-0.25, -0.2) is 0 Å². The molecule has 2 aromatic rings. The molecule has 0 amide bonds. The van der Waals surface area contributed by atoms with Crippen molar-refractivity contribution < 1.29 is 9.90 Å². The molecule has 1 N–H and O–H groups in total. The molecule has 0 heterocycles. The van der Waals surface area contributed by atoms with E-state index in [-0.39, 0.29) is 11.5 Å². The molecule has 2 heteroatoms. The van der Waals surface area contributed by atoms with E-state index in [9.17, 15) is 9.90 Å². The summed E-state index contributed by atoms with van der Waals surface area (Å²) >= 11 is 0. The number of ketones is 1. The molecule has 2 aromatic carbocycles. The zero-order chi connectivity index (χ0) is 22.8. The molecule has 0 bridgehead atoms. The largest absolute Gasteiger partial charge is 0.504 e. The van der Waals surface area contributed by atoms with Crippen LogP contribution < -0.4 is 0 Å². The molecule has 0 aliphatic heterocycles. The lowest BCUT2D eigenvalue weighted by Gasteiger charge is -2.16. The monoisotopic (exact) mass is 420 g/mol. The fourth-order valence-electron chi connectivity index (χ4n) is 4.11. The Hall–Kier alpha value is -2.35. The van der Waals surface area contributed by atoms with Gasteiger partial charge in [0.15, 0.2) is 5.76 Å². The fourth-order valence-corrected chi connectivity index (χ4v) is 4.11. The summed E-state index contributed by atoms with van der Waals surface area (Å²) in [5.74, 6) is 0.308. The number of hydrogen-bond donors (Lipinski definition) is 1. The average molecular weight is 421 g/mol. The standard InChI is InChI=1S/C29H40O2/c1-6-9-12-21(4)24-14-11-15-25(19-24)29(31)28(30)20-26-18-23(8-3)16-17-27(26)22(5)13-10-7-2/h11,14-22,30H,6-10,12-13H2,1-5H3. The number of Topliss-reactive ketones (excluding diaryl/α,β-unsaturated/α-hetero) is 1. The molecular formula is C29H40O2. The first kappa shape index (κ1) is 24.9. The number of rotatable bonds is 12. The molecule has 0 radical (unpaired) electrons. The van der Waals surface area contributed by atoms with Gasteiger partial charge < -0.3 is 5.11 Å². The Morgan fingerprint density at radius 2 is 1.61 bits per heavy atom. The second kappa shape index (κ2) is 12.5. The van der Waals surface area contributed by atoms with Crippen molar-refractivity contribution in [3.63, 3.8) is 0 Å². The number of benzene rings is 2. The van der Waals surface area contributed by atoms with E-state index in [1.54, 1.807) is 12.1 Å². The molecule has 0 saturated carbocycles. The van der Waals surface area contributed by atoms with Crippen molar-refractivity contribution in [2.45, 2.75) is 91.4 Å². The van der Waals surface area contributed by atoms with Crippen LogP contribution in [0, 0.1) is 0 Å². The molecule has 0 aromatic heterocycles. The molecule has 0 spiro atoms. The van der Waals surface area contributed by atoms with Crippen molar-refractivity contribution in [1.29, 1.82) is 0 Å². The Kier molecular flexibility index (Phi) is 10.0. The number of allylic oxidation sites excluding steroid dienone is 1. The van der Waals surface area contributed by atoms with Gasteiger partial charge in [-0.15, -0.1) is 0 Å². The number of aliphatic hydroxyl groups excluding tert-OH is 1. The maximum atomic E-state index is 13.0. The third-order valence-electron chi connectivity index (χ3n) is 6.31. The lowest BCUT2D eigenvalue weighted by molar-refractivity contribution is 0.0980. The second-order valence-corrected chi connectivity index (χ2v) is 8.89. The predicted octanol–water partition coefficient (Wildman–Crippen LogP) is 8.62. The van der Waals surface area contributed by atoms with E-state index in [2.05, 4.69) is 58.9 Å². The molecule has 2 atom stereocenters. The van der Waals surface area contributed by atoms with Crippen molar-refractivity contribution in [1.82, 2.24) is 0 Å². The van der Waals surface area contributed by atoms with Gasteiger partial charge in [0.1, 0.15) is 0 Å². The van der Waals surface area contributed by atoms with E-state index in [0.29, 0.717) is 17.4 Å². The molecule has 2 nitrogen and oxygen atoms in total. The van der Waals surface area contributed by atoms with Crippen LogP contribution in [-0.2, 0) is 6.42 Å². The van der Waals surface area contributed by atoms with Gasteiger partial charge in [0.2, 0.25) is 5.78 Å². The minimum absolute atomic E-state index is 0.185. The normalized spacial score (nSPS) is 13.8. The molecule has 0 aliphatic rings. The fraction of sp³-hybridized carbons (Fsp3) is 0.483. The highest BCUT2D eigenvalue weighted by Crippen LogP contribution is 2.28. The van der Waals surface area contributed by atoms with Gasteiger partial charge >= 0.3 is 0 Å². The van der Waals surface area contributed by atoms with E-state index < -0.39 is 0 Å². The smallest absolute Gasteiger partial charge is 0.227 e. The summed E-state index contributed by atoms with van der Waals surface area (Å²) in [6, 6.07) is 14.2. The zero-order valence-electron chi connectivity index (χ0n) is 20.1. The topological polar surface area (TPSA) is 37.3 Å². The summed E-state index contributed by atoms with van der Waals surface area (Å²) in [5.41, 5.74) is 5.09. The third-order valence-corrected chi connectivity index (χ3v) is 6.31. The van der Waals surface area contributed by atoms with Gasteiger partial charge in [-0.05, 0) is 65.5 Å². The number of unbranched alkanes of at least 4 members (excludes halogenated alkanes) is 2. The summed E-state index contributed by atoms with van der Waals surface area (Å²) in [4.78, 5) is 13.0. The highest BCUT2D eigenvalue weighted by Gasteiger charge is 2.16. The van der Waals surface area contributed by atoms with Crippen LogP contribution in [0.5, 0.6) is 0 Å². The molecule has 168 valence electrons. The van der Waals surface area contributed by atoms with E-state index in [1.165, 1.54) is 36.8 Å². The van der Waals surface area contributed by atoms with Crippen molar-refractivity contribution >= 4 is 11.9 Å². The Balaban J connectivity index is 2.32. The number of aliphatic hydroxyl groups is 1. The van der Waals surface area contributed by atoms with Gasteiger partial charge in [-0.3, -0.25) is 4.79 Å². The van der Waals surface area contributed by atoms with Crippen molar-refractivity contribution in [3.8, 4) is 0 Å². The minimum atomic E-state index is -0.307. The van der Waals surface area contributed by atoms with Gasteiger partial charge in [-0.2, -0.15) is 0 Å². The summed E-state index contributed by atoms with van der Waals surface area (Å²) < 4.78 is 0. The van der Waals surface area contributed by atoms with Crippen molar-refractivity contribution in [2.24, 2.45) is 0 Å². The van der Waals surface area contributed by atoms with E-state index in [4.69, 9.17) is 0 Å². The Morgan fingerprint density at radius 3 is 2.26 bits per heavy atom. The number of carbonyl (C=O) groups is 1. The maximum Gasteiger partial charge on any atom is 0.227 e. The molecule has 2 unspecified atom stereocenters. The quantitative estimate of drug-likeness (QED) is 0.212. The Morgan fingerprint density at radius 1 is 0.935 bits per heavy atom. The lowest BCUT2D eigenvalue weighted by atomic mass is 9.89. The maximum absolute atomic E-state index is 13.0. The highest BCUT2D eigenvalue weighted by atomic mass is 16.3.